The molecule has 0 saturated carbocycles. The maximum atomic E-state index is 12.3. The number of carbonyl (C=O) groups excluding carboxylic acids is 1. The molecule has 138 valence electrons. The Bertz CT molecular complexity index is 860. The monoisotopic (exact) mass is 481 g/mol. The summed E-state index contributed by atoms with van der Waals surface area (Å²) in [6.07, 6.45) is 6.32. The first-order valence-electron chi connectivity index (χ1n) is 7.21. The number of aliphatic hydroxyl groups is 1. The van der Waals surface area contributed by atoms with Crippen molar-refractivity contribution in [2.24, 2.45) is 0 Å². The number of allylic oxidation sites excluding steroid dienone is 2. The molecule has 1 aliphatic heterocycles. The van der Waals surface area contributed by atoms with Gasteiger partial charge in [0.25, 0.3) is 0 Å². The molecule has 2 heterocycles. The van der Waals surface area contributed by atoms with Crippen LogP contribution < -0.4 is 26.2 Å². The van der Waals surface area contributed by atoms with Crippen molar-refractivity contribution in [1.29, 1.82) is 0 Å². The van der Waals surface area contributed by atoms with Crippen molar-refractivity contribution >= 4 is 22.3 Å². The molecule has 2 N–H and O–H groups in total. The van der Waals surface area contributed by atoms with Crippen molar-refractivity contribution < 1.29 is 47.0 Å². The molecule has 2 amide bonds. The van der Waals surface area contributed by atoms with E-state index >= 15 is 0 Å². The summed E-state index contributed by atoms with van der Waals surface area (Å²) in [6.45, 7) is 3.01. The Kier molecular flexibility index (Phi) is 5.74. The van der Waals surface area contributed by atoms with E-state index in [1.165, 1.54) is 22.7 Å². The fourth-order valence-electron chi connectivity index (χ4n) is 1.78. The summed E-state index contributed by atoms with van der Waals surface area (Å²) in [6, 6.07) is 0.440. The van der Waals surface area contributed by atoms with Crippen LogP contribution in [0.25, 0.3) is 0 Å². The van der Waals surface area contributed by atoms with Gasteiger partial charge in [0, 0.05) is 0 Å². The number of likely N-dealkylation sites (N-methyl/N-ethyl adjacent to an activating group) is 1. The number of hydrogen-bond donors (Lipinski definition) is 2. The minimum absolute atomic E-state index is 0.301. The normalized spacial score (nSPS) is 15.6. The molecular weight excluding hydrogens is 461 g/mol. The van der Waals surface area contributed by atoms with Crippen molar-refractivity contribution in [1.82, 2.24) is 9.62 Å². The van der Waals surface area contributed by atoms with Crippen LogP contribution in [0, 0.1) is 0 Å². The van der Waals surface area contributed by atoms with Gasteiger partial charge < -0.3 is 0 Å². The SMILES string of the molecule is CN(C)C1=CC=[N+](C(=O)NS(=O)(=O)c2cc(C(C)(C)O)co2)[I-]C=C1. The van der Waals surface area contributed by atoms with Crippen LogP contribution in [0.4, 0.5) is 4.79 Å². The molecule has 0 aliphatic carbocycles. The molecule has 25 heavy (non-hydrogen) atoms. The average molecular weight is 481 g/mol. The van der Waals surface area contributed by atoms with Crippen molar-refractivity contribution in [3.63, 3.8) is 0 Å². The standard InChI is InChI=1S/C15H20IN3O5S/c1-15(2,21)11-9-13(24-10-11)25(22,23)17-14(20)19-8-6-12(18(3)4)5-7-16-19/h5-10,21H,1-4H3,(H,17,20). The Morgan fingerprint density at radius 3 is 2.64 bits per heavy atom. The second-order valence-corrected chi connectivity index (χ2v) is 9.89. The Hall–Kier alpha value is -1.66. The molecule has 2 rings (SSSR count). The van der Waals surface area contributed by atoms with Gasteiger partial charge in [-0.2, -0.15) is 0 Å². The zero-order chi connectivity index (χ0) is 18.8. The molecule has 1 aromatic heterocycles. The van der Waals surface area contributed by atoms with Gasteiger partial charge in [-0.15, -0.1) is 0 Å². The van der Waals surface area contributed by atoms with E-state index in [-0.39, 0.29) is 0 Å². The van der Waals surface area contributed by atoms with Crippen LogP contribution in [-0.4, -0.2) is 47.6 Å². The third-order valence-corrected chi connectivity index (χ3v) is 6.48. The van der Waals surface area contributed by atoms with Crippen molar-refractivity contribution in [2.45, 2.75) is 24.5 Å². The molecule has 8 nitrogen and oxygen atoms in total. The van der Waals surface area contributed by atoms with Crippen LogP contribution in [0.5, 0.6) is 0 Å². The van der Waals surface area contributed by atoms with Crippen molar-refractivity contribution in [2.75, 3.05) is 14.1 Å². The molecule has 1 aromatic rings. The first-order chi connectivity index (χ1) is 11.5. The van der Waals surface area contributed by atoms with Crippen LogP contribution in [0.15, 0.2) is 43.8 Å². The molecule has 0 bridgehead atoms. The number of amides is 2. The maximum absolute atomic E-state index is 12.3. The molecule has 0 fully saturated rings. The Labute approximate surface area is 157 Å². The number of rotatable bonds is 4. The van der Waals surface area contributed by atoms with Crippen LogP contribution in [0.1, 0.15) is 19.4 Å². The quantitative estimate of drug-likeness (QED) is 0.380. The first kappa shape index (κ1) is 19.7. The number of sulfonamides is 1. The third kappa shape index (κ3) is 4.92. The van der Waals surface area contributed by atoms with E-state index in [0.29, 0.717) is 5.56 Å². The van der Waals surface area contributed by atoms with E-state index in [0.717, 1.165) is 12.0 Å². The van der Waals surface area contributed by atoms with E-state index < -0.39 is 48.2 Å². The minimum atomic E-state index is -4.17. The summed E-state index contributed by atoms with van der Waals surface area (Å²) < 4.78 is 34.8. The number of carbonyl (C=O) groups is 1. The van der Waals surface area contributed by atoms with Crippen molar-refractivity contribution in [3.05, 3.63) is 39.8 Å². The Morgan fingerprint density at radius 2 is 2.08 bits per heavy atom. The van der Waals surface area contributed by atoms with E-state index in [4.69, 9.17) is 4.42 Å². The summed E-state index contributed by atoms with van der Waals surface area (Å²) >= 11 is -0.839. The molecule has 0 radical (unpaired) electrons. The van der Waals surface area contributed by atoms with Gasteiger partial charge in [-0.05, 0) is 0 Å². The van der Waals surface area contributed by atoms with E-state index in [1.54, 1.807) is 12.3 Å². The predicted molar refractivity (Wildman–Crippen MR) is 86.9 cm³/mol. The van der Waals surface area contributed by atoms with Gasteiger partial charge in [-0.1, -0.05) is 0 Å². The number of nitrogens with zero attached hydrogens (tertiary/aromatic N) is 2. The zero-order valence-electron chi connectivity index (χ0n) is 14.2. The summed E-state index contributed by atoms with van der Waals surface area (Å²) in [4.78, 5) is 14.2. The Morgan fingerprint density at radius 1 is 1.40 bits per heavy atom. The second kappa shape index (κ2) is 7.30. The topological polar surface area (TPSA) is 103 Å². The van der Waals surface area contributed by atoms with Gasteiger partial charge in [0.15, 0.2) is 0 Å². The van der Waals surface area contributed by atoms with Gasteiger partial charge in [0.2, 0.25) is 0 Å². The molecule has 0 unspecified atom stereocenters. The van der Waals surface area contributed by atoms with Gasteiger partial charge >= 0.3 is 157 Å². The number of furan rings is 1. The van der Waals surface area contributed by atoms with Gasteiger partial charge in [0.1, 0.15) is 0 Å². The van der Waals surface area contributed by atoms with Crippen LogP contribution in [-0.2, 0) is 15.6 Å². The first-order valence-corrected chi connectivity index (χ1v) is 10.9. The summed E-state index contributed by atoms with van der Waals surface area (Å²) in [7, 11) is -0.417. The predicted octanol–water partition coefficient (Wildman–Crippen LogP) is -2.03. The average Bonchev–Trinajstić information content (AvgIpc) is 2.86. The number of hydrogen-bond acceptors (Lipinski definition) is 6. The molecule has 0 spiro atoms. The van der Waals surface area contributed by atoms with Gasteiger partial charge in [-0.3, -0.25) is 0 Å². The summed E-state index contributed by atoms with van der Waals surface area (Å²) in [5.41, 5.74) is -0.0435. The number of nitrogens with one attached hydrogen (secondary N) is 1. The third-order valence-electron chi connectivity index (χ3n) is 3.25. The van der Waals surface area contributed by atoms with Crippen LogP contribution >= 0.6 is 0 Å². The molecule has 0 saturated heterocycles. The van der Waals surface area contributed by atoms with Crippen molar-refractivity contribution in [3.8, 4) is 0 Å². The zero-order valence-corrected chi connectivity index (χ0v) is 17.2. The summed E-state index contributed by atoms with van der Waals surface area (Å²) in [5.74, 6) is 0. The molecular formula is C15H20IN3O5S. The second-order valence-electron chi connectivity index (χ2n) is 5.96. The fraction of sp³-hybridized carbons (Fsp3) is 0.333. The van der Waals surface area contributed by atoms with E-state index in [1.807, 2.05) is 33.9 Å². The molecule has 0 atom stereocenters. The van der Waals surface area contributed by atoms with Gasteiger partial charge in [0.05, 0.1) is 0 Å². The van der Waals surface area contributed by atoms with Crippen LogP contribution in [0.3, 0.4) is 0 Å². The number of halogens is 1. The van der Waals surface area contributed by atoms with E-state index in [2.05, 4.69) is 0 Å². The molecule has 1 aliphatic rings. The van der Waals surface area contributed by atoms with Gasteiger partial charge in [-0.25, -0.2) is 0 Å². The van der Waals surface area contributed by atoms with E-state index in [9.17, 15) is 18.3 Å². The van der Waals surface area contributed by atoms with Crippen LogP contribution in [0.2, 0.25) is 0 Å². The number of urea groups is 1. The fourth-order valence-corrected chi connectivity index (χ4v) is 4.43. The Balaban J connectivity index is 2.19. The molecule has 10 heteroatoms. The molecule has 0 aromatic carbocycles. The summed E-state index contributed by atoms with van der Waals surface area (Å²) in [5, 5.41) is 9.46.